The molecular weight excluding hydrogens is 432 g/mol. The molecule has 2 aromatic heterocycles. The average Bonchev–Trinajstić information content (AvgIpc) is 3.21. The van der Waals surface area contributed by atoms with Crippen LogP contribution in [0.5, 0.6) is 5.75 Å². The highest BCUT2D eigenvalue weighted by Crippen LogP contribution is 2.24. The zero-order valence-corrected chi connectivity index (χ0v) is 19.7. The molecule has 0 aliphatic carbocycles. The maximum atomic E-state index is 13.4. The fraction of sp³-hybridized carbons (Fsp3) is 0.520. The second kappa shape index (κ2) is 9.97. The zero-order chi connectivity index (χ0) is 23.5. The molecular formula is C25H32N6O3. The van der Waals surface area contributed by atoms with Gasteiger partial charge in [-0.2, -0.15) is 5.10 Å². The van der Waals surface area contributed by atoms with E-state index in [0.29, 0.717) is 43.1 Å². The molecule has 1 atom stereocenters. The van der Waals surface area contributed by atoms with E-state index in [1.807, 2.05) is 12.1 Å². The second-order valence-corrected chi connectivity index (χ2v) is 9.35. The summed E-state index contributed by atoms with van der Waals surface area (Å²) in [6.45, 7) is 2.73. The van der Waals surface area contributed by atoms with Crippen molar-refractivity contribution in [2.45, 2.75) is 51.1 Å². The van der Waals surface area contributed by atoms with Gasteiger partial charge < -0.3 is 14.6 Å². The van der Waals surface area contributed by atoms with Gasteiger partial charge in [-0.25, -0.2) is 4.98 Å². The molecule has 0 saturated carbocycles. The van der Waals surface area contributed by atoms with Crippen LogP contribution < -0.4 is 10.3 Å². The van der Waals surface area contributed by atoms with E-state index in [9.17, 15) is 9.59 Å². The third-order valence-electron chi connectivity index (χ3n) is 6.88. The van der Waals surface area contributed by atoms with Crippen LogP contribution in [0.25, 0.3) is 11.0 Å². The Morgan fingerprint density at radius 2 is 2.06 bits per heavy atom. The summed E-state index contributed by atoms with van der Waals surface area (Å²) in [6.07, 6.45) is 7.45. The van der Waals surface area contributed by atoms with Gasteiger partial charge in [0.05, 0.1) is 25.9 Å². The Morgan fingerprint density at radius 3 is 2.97 bits per heavy atom. The van der Waals surface area contributed by atoms with Crippen LogP contribution in [0.1, 0.15) is 43.5 Å². The van der Waals surface area contributed by atoms with Crippen molar-refractivity contribution in [2.24, 2.45) is 7.05 Å². The lowest BCUT2D eigenvalue weighted by atomic mass is 9.95. The first-order valence-electron chi connectivity index (χ1n) is 12.2. The minimum atomic E-state index is -0.208. The van der Waals surface area contributed by atoms with Gasteiger partial charge in [-0.05, 0) is 56.2 Å². The highest BCUT2D eigenvalue weighted by atomic mass is 16.5. The molecule has 0 radical (unpaired) electrons. The third-order valence-corrected chi connectivity index (χ3v) is 6.88. The van der Waals surface area contributed by atoms with Gasteiger partial charge in [0.1, 0.15) is 17.0 Å². The van der Waals surface area contributed by atoms with E-state index >= 15 is 0 Å². The number of hydrogen-bond acceptors (Lipinski definition) is 6. The second-order valence-electron chi connectivity index (χ2n) is 9.35. The Labute approximate surface area is 198 Å². The molecule has 2 aliphatic rings. The number of carbonyl (C=O) groups excluding carboxylic acids is 1. The van der Waals surface area contributed by atoms with Crippen LogP contribution in [0.4, 0.5) is 0 Å². The maximum absolute atomic E-state index is 13.4. The molecule has 1 N–H and O–H groups in total. The summed E-state index contributed by atoms with van der Waals surface area (Å²) in [5.74, 6) is 1.59. The SMILES string of the molecule is Cn1ncc2c(=O)[nH]c(CN3CCCOc4cccc(c4)CCC4CCCCN4C(=O)C3)nc21. The van der Waals surface area contributed by atoms with Crippen molar-refractivity contribution < 1.29 is 9.53 Å². The minimum Gasteiger partial charge on any atom is -0.494 e. The van der Waals surface area contributed by atoms with Gasteiger partial charge in [0.15, 0.2) is 5.65 Å². The molecule has 180 valence electrons. The monoisotopic (exact) mass is 464 g/mol. The summed E-state index contributed by atoms with van der Waals surface area (Å²) in [5, 5.41) is 4.61. The van der Waals surface area contributed by atoms with Crippen molar-refractivity contribution in [3.8, 4) is 5.75 Å². The highest BCUT2D eigenvalue weighted by molar-refractivity contribution is 5.78. The average molecular weight is 465 g/mol. The van der Waals surface area contributed by atoms with E-state index in [1.54, 1.807) is 11.7 Å². The minimum absolute atomic E-state index is 0.153. The molecule has 9 heteroatoms. The predicted molar refractivity (Wildman–Crippen MR) is 129 cm³/mol. The van der Waals surface area contributed by atoms with E-state index in [0.717, 1.165) is 50.8 Å². The number of H-pyrrole nitrogens is 1. The number of carbonyl (C=O) groups is 1. The lowest BCUT2D eigenvalue weighted by Crippen LogP contribution is -2.48. The molecule has 2 bridgehead atoms. The quantitative estimate of drug-likeness (QED) is 0.625. The van der Waals surface area contributed by atoms with Crippen LogP contribution in [-0.2, 0) is 24.8 Å². The standard InChI is InChI=1S/C25H32N6O3/c1-29-24-21(15-26-29)25(33)28-22(27-24)16-30-11-5-13-34-20-8-4-6-18(14-20)9-10-19-7-2-3-12-31(19)23(32)17-30/h4,6,8,14-15,19H,2-3,5,7,9-13,16-17H2,1H3,(H,27,28,33). The molecule has 9 nitrogen and oxygen atoms in total. The Morgan fingerprint density at radius 1 is 1.15 bits per heavy atom. The summed E-state index contributed by atoms with van der Waals surface area (Å²) in [5.41, 5.74) is 1.60. The lowest BCUT2D eigenvalue weighted by Gasteiger charge is -2.37. The molecule has 1 fully saturated rings. The van der Waals surface area contributed by atoms with Crippen molar-refractivity contribution in [1.82, 2.24) is 29.5 Å². The van der Waals surface area contributed by atoms with Crippen molar-refractivity contribution in [1.29, 1.82) is 0 Å². The molecule has 1 saturated heterocycles. The number of nitrogens with one attached hydrogen (secondary N) is 1. The van der Waals surface area contributed by atoms with Gasteiger partial charge in [0.25, 0.3) is 5.56 Å². The predicted octanol–water partition coefficient (Wildman–Crippen LogP) is 2.25. The molecule has 3 aromatic rings. The zero-order valence-electron chi connectivity index (χ0n) is 19.7. The van der Waals surface area contributed by atoms with Crippen LogP contribution in [0.15, 0.2) is 35.3 Å². The van der Waals surface area contributed by atoms with Gasteiger partial charge in [0.2, 0.25) is 5.91 Å². The fourth-order valence-corrected chi connectivity index (χ4v) is 5.09. The summed E-state index contributed by atoms with van der Waals surface area (Å²) in [7, 11) is 1.77. The van der Waals surface area contributed by atoms with Crippen LogP contribution in [0.3, 0.4) is 0 Å². The normalized spacial score (nSPS) is 20.6. The van der Waals surface area contributed by atoms with Crippen LogP contribution in [0, 0.1) is 0 Å². The van der Waals surface area contributed by atoms with Crippen molar-refractivity contribution >= 4 is 16.9 Å². The summed E-state index contributed by atoms with van der Waals surface area (Å²) < 4.78 is 7.60. The smallest absolute Gasteiger partial charge is 0.262 e. The highest BCUT2D eigenvalue weighted by Gasteiger charge is 2.28. The van der Waals surface area contributed by atoms with E-state index in [-0.39, 0.29) is 17.5 Å². The largest absolute Gasteiger partial charge is 0.494 e. The summed E-state index contributed by atoms with van der Waals surface area (Å²) >= 11 is 0. The number of aryl methyl sites for hydroxylation is 2. The number of hydrogen-bond donors (Lipinski definition) is 1. The Balaban J connectivity index is 1.39. The van der Waals surface area contributed by atoms with E-state index < -0.39 is 0 Å². The third kappa shape index (κ3) is 4.99. The Bertz CT molecular complexity index is 1220. The maximum Gasteiger partial charge on any atom is 0.262 e. The molecule has 2 aliphatic heterocycles. The van der Waals surface area contributed by atoms with Gasteiger partial charge >= 0.3 is 0 Å². The number of ether oxygens (including phenoxy) is 1. The molecule has 4 heterocycles. The molecule has 5 rings (SSSR count). The van der Waals surface area contributed by atoms with Crippen molar-refractivity contribution in [2.75, 3.05) is 26.2 Å². The summed E-state index contributed by atoms with van der Waals surface area (Å²) in [6, 6.07) is 8.57. The van der Waals surface area contributed by atoms with Crippen molar-refractivity contribution in [3.05, 3.63) is 52.2 Å². The first kappa shape index (κ1) is 22.6. The topological polar surface area (TPSA) is 96.4 Å². The number of fused-ring (bicyclic) bond motifs is 4. The van der Waals surface area contributed by atoms with Crippen LogP contribution in [-0.4, -0.2) is 67.7 Å². The number of aromatic amines is 1. The van der Waals surface area contributed by atoms with E-state index in [4.69, 9.17) is 4.74 Å². The first-order valence-corrected chi connectivity index (χ1v) is 12.2. The number of aromatic nitrogens is 4. The van der Waals surface area contributed by atoms with E-state index in [2.05, 4.69) is 37.0 Å². The van der Waals surface area contributed by atoms with Gasteiger partial charge in [-0.3, -0.25) is 19.2 Å². The Hall–Kier alpha value is -3.20. The van der Waals surface area contributed by atoms with Crippen LogP contribution >= 0.6 is 0 Å². The number of rotatable bonds is 2. The number of piperidine rings is 1. The molecule has 0 spiro atoms. The fourth-order valence-electron chi connectivity index (χ4n) is 5.09. The summed E-state index contributed by atoms with van der Waals surface area (Å²) in [4.78, 5) is 37.6. The van der Waals surface area contributed by atoms with E-state index in [1.165, 1.54) is 11.8 Å². The molecule has 34 heavy (non-hydrogen) atoms. The molecule has 1 amide bonds. The van der Waals surface area contributed by atoms with Gasteiger partial charge in [-0.1, -0.05) is 12.1 Å². The van der Waals surface area contributed by atoms with Gasteiger partial charge in [0, 0.05) is 26.2 Å². The van der Waals surface area contributed by atoms with Crippen LogP contribution in [0.2, 0.25) is 0 Å². The molecule has 1 aromatic carbocycles. The Kier molecular flexibility index (Phi) is 6.62. The molecule has 1 unspecified atom stereocenters. The number of benzene rings is 1. The van der Waals surface area contributed by atoms with Gasteiger partial charge in [-0.15, -0.1) is 0 Å². The first-order chi connectivity index (χ1) is 16.6. The number of nitrogens with zero attached hydrogens (tertiary/aromatic N) is 5. The number of amides is 1. The lowest BCUT2D eigenvalue weighted by molar-refractivity contribution is -0.136. The van der Waals surface area contributed by atoms with Crippen molar-refractivity contribution in [3.63, 3.8) is 0 Å².